The first kappa shape index (κ1) is 18.8. The molecule has 6 heteroatoms. The molecule has 0 unspecified atom stereocenters. The van der Waals surface area contributed by atoms with Crippen LogP contribution in [0.3, 0.4) is 0 Å². The molecule has 2 aromatic heterocycles. The van der Waals surface area contributed by atoms with Gasteiger partial charge in [-0.05, 0) is 58.7 Å². The topological polar surface area (TPSA) is 59.0 Å². The highest BCUT2D eigenvalue weighted by Crippen LogP contribution is 2.32. The van der Waals surface area contributed by atoms with Gasteiger partial charge in [-0.2, -0.15) is 5.10 Å². The largest absolute Gasteiger partial charge is 0.381 e. The van der Waals surface area contributed by atoms with Crippen molar-refractivity contribution in [2.24, 2.45) is 0 Å². The summed E-state index contributed by atoms with van der Waals surface area (Å²) < 4.78 is 7.62. The molecule has 0 bridgehead atoms. The number of hydrogen-bond acceptors (Lipinski definition) is 4. The predicted molar refractivity (Wildman–Crippen MR) is 115 cm³/mol. The number of nitrogens with one attached hydrogen (secondary N) is 1. The zero-order valence-electron chi connectivity index (χ0n) is 17.5. The molecule has 1 N–H and O–H groups in total. The number of benzene rings is 1. The summed E-state index contributed by atoms with van der Waals surface area (Å²) in [5.74, 6) is 1.45. The van der Waals surface area contributed by atoms with Crippen LogP contribution in [0.4, 0.5) is 0 Å². The fraction of sp³-hybridized carbons (Fsp3) is 0.565. The fourth-order valence-corrected chi connectivity index (χ4v) is 4.95. The number of fused-ring (bicyclic) bond motifs is 1. The molecule has 29 heavy (non-hydrogen) atoms. The number of aromatic amines is 1. The Balaban J connectivity index is 1.34. The average molecular weight is 394 g/mol. The summed E-state index contributed by atoms with van der Waals surface area (Å²) in [5, 5.41) is 6.06. The van der Waals surface area contributed by atoms with Crippen LogP contribution in [0.25, 0.3) is 22.4 Å². The normalized spacial score (nSPS) is 20.1. The van der Waals surface area contributed by atoms with Gasteiger partial charge < -0.3 is 14.6 Å². The number of rotatable bonds is 4. The van der Waals surface area contributed by atoms with Gasteiger partial charge in [0.1, 0.15) is 5.69 Å². The Hall–Kier alpha value is -2.18. The van der Waals surface area contributed by atoms with Crippen LogP contribution in [0.5, 0.6) is 0 Å². The highest BCUT2D eigenvalue weighted by molar-refractivity contribution is 5.91. The summed E-state index contributed by atoms with van der Waals surface area (Å²) >= 11 is 0. The third-order valence-electron chi connectivity index (χ3n) is 6.60. The number of imidazole rings is 1. The highest BCUT2D eigenvalue weighted by atomic mass is 16.5. The summed E-state index contributed by atoms with van der Waals surface area (Å²) in [6.07, 6.45) is 6.79. The number of para-hydroxylation sites is 1. The molecule has 6 nitrogen and oxygen atoms in total. The van der Waals surface area contributed by atoms with E-state index < -0.39 is 0 Å². The zero-order valence-corrected chi connectivity index (χ0v) is 17.5. The van der Waals surface area contributed by atoms with Gasteiger partial charge in [0, 0.05) is 48.5 Å². The van der Waals surface area contributed by atoms with Crippen LogP contribution in [-0.4, -0.2) is 57.0 Å². The first-order valence-electron chi connectivity index (χ1n) is 11.0. The molecule has 154 valence electrons. The predicted octanol–water partition coefficient (Wildman–Crippen LogP) is 4.37. The van der Waals surface area contributed by atoms with Crippen molar-refractivity contribution in [1.82, 2.24) is 24.6 Å². The molecule has 0 spiro atoms. The van der Waals surface area contributed by atoms with Gasteiger partial charge in [-0.1, -0.05) is 18.2 Å². The first-order chi connectivity index (χ1) is 14.2. The number of likely N-dealkylation sites (tertiary alicyclic amines) is 1. The minimum atomic E-state index is 0.317. The Labute approximate surface area is 172 Å². The van der Waals surface area contributed by atoms with E-state index in [0.717, 1.165) is 30.1 Å². The summed E-state index contributed by atoms with van der Waals surface area (Å²) in [4.78, 5) is 11.0. The van der Waals surface area contributed by atoms with E-state index in [1.807, 2.05) is 6.20 Å². The van der Waals surface area contributed by atoms with E-state index in [4.69, 9.17) is 14.8 Å². The van der Waals surface area contributed by atoms with Gasteiger partial charge in [-0.15, -0.1) is 0 Å². The molecular weight excluding hydrogens is 362 g/mol. The SMILES string of the molecule is CC(C)n1nc(-c2ncc(C3CCN(C4CCOCC4)CC3)[nH]2)c2ccccc21. The van der Waals surface area contributed by atoms with E-state index in [1.165, 1.54) is 50.0 Å². The molecule has 2 aliphatic heterocycles. The molecule has 0 amide bonds. The van der Waals surface area contributed by atoms with E-state index in [-0.39, 0.29) is 0 Å². The van der Waals surface area contributed by atoms with Gasteiger partial charge in [0.15, 0.2) is 5.82 Å². The number of aromatic nitrogens is 4. The maximum atomic E-state index is 5.53. The molecule has 2 fully saturated rings. The fourth-order valence-electron chi connectivity index (χ4n) is 4.95. The Morgan fingerprint density at radius 1 is 1.07 bits per heavy atom. The van der Waals surface area contributed by atoms with Crippen molar-refractivity contribution in [3.8, 4) is 11.5 Å². The molecule has 2 aliphatic rings. The number of piperidine rings is 1. The van der Waals surface area contributed by atoms with Crippen molar-refractivity contribution >= 4 is 10.9 Å². The van der Waals surface area contributed by atoms with E-state index in [9.17, 15) is 0 Å². The van der Waals surface area contributed by atoms with Crippen LogP contribution < -0.4 is 0 Å². The minimum Gasteiger partial charge on any atom is -0.381 e. The summed E-state index contributed by atoms with van der Waals surface area (Å²) in [7, 11) is 0. The monoisotopic (exact) mass is 393 g/mol. The summed E-state index contributed by atoms with van der Waals surface area (Å²) in [6.45, 7) is 8.53. The van der Waals surface area contributed by atoms with Gasteiger partial charge >= 0.3 is 0 Å². The molecule has 0 atom stereocenters. The molecule has 3 aromatic rings. The number of ether oxygens (including phenoxy) is 1. The van der Waals surface area contributed by atoms with Gasteiger partial charge in [0.05, 0.1) is 5.52 Å². The van der Waals surface area contributed by atoms with Gasteiger partial charge in [0.2, 0.25) is 0 Å². The lowest BCUT2D eigenvalue weighted by Crippen LogP contribution is -2.43. The minimum absolute atomic E-state index is 0.317. The van der Waals surface area contributed by atoms with E-state index >= 15 is 0 Å². The molecule has 0 aliphatic carbocycles. The second kappa shape index (κ2) is 7.92. The number of H-pyrrole nitrogens is 1. The van der Waals surface area contributed by atoms with Gasteiger partial charge in [-0.3, -0.25) is 4.68 Å². The Morgan fingerprint density at radius 2 is 1.83 bits per heavy atom. The number of hydrogen-bond donors (Lipinski definition) is 1. The summed E-state index contributed by atoms with van der Waals surface area (Å²) in [5.41, 5.74) is 3.38. The standard InChI is InChI=1S/C23H31N5O/c1-16(2)28-21-6-4-3-5-19(21)22(26-28)23-24-15-20(25-23)17-7-11-27(12-8-17)18-9-13-29-14-10-18/h3-6,15-18H,7-14H2,1-2H3,(H,24,25). The maximum Gasteiger partial charge on any atom is 0.158 e. The quantitative estimate of drug-likeness (QED) is 0.715. The molecule has 4 heterocycles. The van der Waals surface area contributed by atoms with Crippen molar-refractivity contribution < 1.29 is 4.74 Å². The lowest BCUT2D eigenvalue weighted by atomic mass is 9.92. The van der Waals surface area contributed by atoms with E-state index in [1.54, 1.807) is 0 Å². The van der Waals surface area contributed by atoms with Crippen molar-refractivity contribution in [3.05, 3.63) is 36.2 Å². The Morgan fingerprint density at radius 3 is 2.59 bits per heavy atom. The molecule has 1 aromatic carbocycles. The van der Waals surface area contributed by atoms with Crippen molar-refractivity contribution in [2.45, 2.75) is 57.5 Å². The second-order valence-electron chi connectivity index (χ2n) is 8.75. The maximum absolute atomic E-state index is 5.53. The van der Waals surface area contributed by atoms with E-state index in [0.29, 0.717) is 18.0 Å². The van der Waals surface area contributed by atoms with Crippen molar-refractivity contribution in [2.75, 3.05) is 26.3 Å². The molecule has 2 saturated heterocycles. The number of nitrogens with zero attached hydrogens (tertiary/aromatic N) is 4. The van der Waals surface area contributed by atoms with E-state index in [2.05, 4.69) is 52.7 Å². The van der Waals surface area contributed by atoms with Crippen LogP contribution >= 0.6 is 0 Å². The third-order valence-corrected chi connectivity index (χ3v) is 6.60. The third kappa shape index (κ3) is 3.60. The van der Waals surface area contributed by atoms with Gasteiger partial charge in [0.25, 0.3) is 0 Å². The van der Waals surface area contributed by atoms with Crippen molar-refractivity contribution in [1.29, 1.82) is 0 Å². The van der Waals surface area contributed by atoms with Crippen LogP contribution in [0, 0.1) is 0 Å². The second-order valence-corrected chi connectivity index (χ2v) is 8.75. The lowest BCUT2D eigenvalue weighted by molar-refractivity contribution is 0.0250. The first-order valence-corrected chi connectivity index (χ1v) is 11.0. The zero-order chi connectivity index (χ0) is 19.8. The average Bonchev–Trinajstić information content (AvgIpc) is 3.40. The molecule has 0 saturated carbocycles. The van der Waals surface area contributed by atoms with Crippen LogP contribution in [0.2, 0.25) is 0 Å². The van der Waals surface area contributed by atoms with Crippen LogP contribution in [0.15, 0.2) is 30.5 Å². The Kier molecular flexibility index (Phi) is 5.14. The molecular formula is C23H31N5O. The highest BCUT2D eigenvalue weighted by Gasteiger charge is 2.28. The van der Waals surface area contributed by atoms with Crippen molar-refractivity contribution in [3.63, 3.8) is 0 Å². The lowest BCUT2D eigenvalue weighted by Gasteiger charge is -2.39. The van der Waals surface area contributed by atoms with Crippen LogP contribution in [-0.2, 0) is 4.74 Å². The Bertz CT molecular complexity index is 961. The van der Waals surface area contributed by atoms with Crippen LogP contribution in [0.1, 0.15) is 57.2 Å². The summed E-state index contributed by atoms with van der Waals surface area (Å²) in [6, 6.07) is 9.47. The molecule has 5 rings (SSSR count). The molecule has 0 radical (unpaired) electrons. The van der Waals surface area contributed by atoms with Gasteiger partial charge in [-0.25, -0.2) is 4.98 Å². The smallest absolute Gasteiger partial charge is 0.158 e.